The molecule has 3 saturated heterocycles. The quantitative estimate of drug-likeness (QED) is 0.232. The van der Waals surface area contributed by atoms with Gasteiger partial charge in [-0.25, -0.2) is 4.79 Å². The van der Waals surface area contributed by atoms with Crippen LogP contribution in [0.15, 0.2) is 36.5 Å². The van der Waals surface area contributed by atoms with E-state index in [1.165, 1.54) is 20.0 Å². The van der Waals surface area contributed by atoms with E-state index < -0.39 is 89.7 Å². The Hall–Kier alpha value is -2.83. The number of esters is 2. The van der Waals surface area contributed by atoms with E-state index in [1.54, 1.807) is 38.8 Å². The lowest BCUT2D eigenvalue weighted by Gasteiger charge is -2.45. The van der Waals surface area contributed by atoms with Gasteiger partial charge in [-0.05, 0) is 86.0 Å². The highest BCUT2D eigenvalue weighted by molar-refractivity contribution is 5.93. The van der Waals surface area contributed by atoms with Crippen LogP contribution in [0.5, 0.6) is 0 Å². The molecule has 5 rings (SSSR count). The van der Waals surface area contributed by atoms with E-state index in [2.05, 4.69) is 4.98 Å². The van der Waals surface area contributed by atoms with Crippen LogP contribution in [0.2, 0.25) is 0 Å². The number of hydrogen-bond acceptors (Lipinski definition) is 15. The number of carbonyl (C=O) groups is 2. The molecule has 3 unspecified atom stereocenters. The monoisotopic (exact) mass is 803 g/mol. The topological polar surface area (TPSA) is 201 Å². The van der Waals surface area contributed by atoms with Crippen LogP contribution in [0.4, 0.5) is 0 Å². The van der Waals surface area contributed by atoms with Gasteiger partial charge in [0.25, 0.3) is 0 Å². The number of para-hydroxylation sites is 1. The van der Waals surface area contributed by atoms with Gasteiger partial charge >= 0.3 is 11.9 Å². The Morgan fingerprint density at radius 1 is 1.12 bits per heavy atom. The molecule has 15 atom stereocenters. The van der Waals surface area contributed by atoms with Crippen LogP contribution >= 0.6 is 0 Å². The Bertz CT molecular complexity index is 1700. The largest absolute Gasteiger partial charge is 0.459 e. The minimum atomic E-state index is -2.08. The summed E-state index contributed by atoms with van der Waals surface area (Å²) < 4.78 is 30.7. The van der Waals surface area contributed by atoms with Gasteiger partial charge in [0.15, 0.2) is 12.1 Å². The fourth-order valence-corrected chi connectivity index (χ4v) is 9.22. The summed E-state index contributed by atoms with van der Waals surface area (Å²) in [6, 6.07) is 8.05. The van der Waals surface area contributed by atoms with Crippen molar-refractivity contribution in [2.45, 2.75) is 147 Å². The molecule has 1 aromatic carbocycles. The molecule has 0 aliphatic carbocycles. The molecule has 0 radical (unpaired) electrons. The Kier molecular flexibility index (Phi) is 14.1. The molecular formula is C42H65N3O12. The molecule has 15 nitrogen and oxygen atoms in total. The standard InChI is InChI=1S/C42H65N3O12/c1-11-33-41(8,51)35(48)27(6)44(9)20-23(2)18-40(7)36(25(4)42(52,57-40)26(5)37(49)55-33)56-39-34(47)32(16-24(3)54-39)45(10)21-30(46)22-53-38(50)29-17-28-14-12-13-15-31(28)43-19-29/h12-15,17,19,23-27,30,32-36,39,46-48,51-52H,11,16,18,20-22H2,1-10H3/t23-,24-,25-,26+,27-,30?,32+,33-,34?,35-,36-,39+,40-,41-,42?/m1/s1. The van der Waals surface area contributed by atoms with E-state index in [1.807, 2.05) is 57.0 Å². The summed E-state index contributed by atoms with van der Waals surface area (Å²) in [5, 5.41) is 58.7. The third-order valence-electron chi connectivity index (χ3n) is 12.7. The van der Waals surface area contributed by atoms with Gasteiger partial charge in [0.1, 0.15) is 42.5 Å². The van der Waals surface area contributed by atoms with Gasteiger partial charge in [-0.2, -0.15) is 0 Å². The minimum Gasteiger partial charge on any atom is -0.459 e. The van der Waals surface area contributed by atoms with Crippen LogP contribution in [0.1, 0.15) is 85.0 Å². The zero-order valence-corrected chi connectivity index (χ0v) is 35.1. The zero-order chi connectivity index (χ0) is 42.2. The van der Waals surface area contributed by atoms with Gasteiger partial charge in [-0.3, -0.25) is 14.7 Å². The number of fused-ring (bicyclic) bond motifs is 3. The molecule has 4 heterocycles. The van der Waals surface area contributed by atoms with Crippen molar-refractivity contribution in [3.05, 3.63) is 42.1 Å². The highest BCUT2D eigenvalue weighted by Crippen LogP contribution is 2.50. The van der Waals surface area contributed by atoms with Crippen molar-refractivity contribution in [3.63, 3.8) is 0 Å². The Morgan fingerprint density at radius 3 is 2.49 bits per heavy atom. The maximum absolute atomic E-state index is 13.8. The minimum absolute atomic E-state index is 0.0637. The molecule has 3 fully saturated rings. The van der Waals surface area contributed by atoms with Crippen LogP contribution in [0, 0.1) is 17.8 Å². The Labute approximate surface area is 336 Å². The van der Waals surface area contributed by atoms with Crippen LogP contribution in [-0.4, -0.2) is 158 Å². The normalized spacial score (nSPS) is 40.4. The Morgan fingerprint density at radius 2 is 1.81 bits per heavy atom. The van der Waals surface area contributed by atoms with Gasteiger partial charge < -0.3 is 54.1 Å². The van der Waals surface area contributed by atoms with E-state index in [4.69, 9.17) is 23.7 Å². The number of pyridine rings is 1. The first kappa shape index (κ1) is 45.3. The fraction of sp³-hybridized carbons (Fsp3) is 0.738. The number of hydrogen-bond donors (Lipinski definition) is 5. The summed E-state index contributed by atoms with van der Waals surface area (Å²) in [5.41, 5.74) is -1.96. The molecule has 0 spiro atoms. The predicted octanol–water partition coefficient (Wildman–Crippen LogP) is 2.48. The highest BCUT2D eigenvalue weighted by Gasteiger charge is 2.64. The molecule has 0 amide bonds. The van der Waals surface area contributed by atoms with Crippen molar-refractivity contribution in [1.29, 1.82) is 0 Å². The number of aliphatic hydroxyl groups excluding tert-OH is 3. The number of ether oxygens (including phenoxy) is 5. The molecule has 0 saturated carbocycles. The first-order valence-electron chi connectivity index (χ1n) is 20.3. The smallest absolute Gasteiger partial charge is 0.339 e. The van der Waals surface area contributed by atoms with Crippen molar-refractivity contribution in [2.75, 3.05) is 33.8 Å². The highest BCUT2D eigenvalue weighted by atomic mass is 16.7. The summed E-state index contributed by atoms with van der Waals surface area (Å²) in [5.74, 6) is -5.64. The number of carbonyl (C=O) groups excluding carboxylic acids is 2. The van der Waals surface area contributed by atoms with Crippen molar-refractivity contribution in [3.8, 4) is 0 Å². The molecule has 3 aliphatic heterocycles. The third kappa shape index (κ3) is 9.48. The van der Waals surface area contributed by atoms with Crippen molar-refractivity contribution in [1.82, 2.24) is 14.8 Å². The summed E-state index contributed by atoms with van der Waals surface area (Å²) >= 11 is 0. The fourth-order valence-electron chi connectivity index (χ4n) is 9.22. The van der Waals surface area contributed by atoms with Gasteiger partial charge in [-0.15, -0.1) is 0 Å². The summed E-state index contributed by atoms with van der Waals surface area (Å²) in [7, 11) is 3.60. The lowest BCUT2D eigenvalue weighted by Crippen LogP contribution is -2.59. The first-order valence-corrected chi connectivity index (χ1v) is 20.3. The summed E-state index contributed by atoms with van der Waals surface area (Å²) in [6.45, 7) is 14.2. The van der Waals surface area contributed by atoms with E-state index in [0.29, 0.717) is 19.4 Å². The predicted molar refractivity (Wildman–Crippen MR) is 210 cm³/mol. The number of benzene rings is 1. The average molecular weight is 804 g/mol. The second kappa shape index (κ2) is 17.8. The zero-order valence-electron chi connectivity index (χ0n) is 35.1. The molecule has 3 aliphatic rings. The molecule has 2 aromatic rings. The van der Waals surface area contributed by atoms with Gasteiger partial charge in [0.05, 0.1) is 28.9 Å². The van der Waals surface area contributed by atoms with Gasteiger partial charge in [0.2, 0.25) is 0 Å². The average Bonchev–Trinajstić information content (AvgIpc) is 3.35. The van der Waals surface area contributed by atoms with Gasteiger partial charge in [0, 0.05) is 42.7 Å². The van der Waals surface area contributed by atoms with Crippen LogP contribution in [0.3, 0.4) is 0 Å². The number of likely N-dealkylation sites (N-methyl/N-ethyl adjacent to an activating group) is 2. The molecule has 5 N–H and O–H groups in total. The third-order valence-corrected chi connectivity index (χ3v) is 12.7. The van der Waals surface area contributed by atoms with Crippen LogP contribution < -0.4 is 0 Å². The van der Waals surface area contributed by atoms with E-state index >= 15 is 0 Å². The maximum atomic E-state index is 13.8. The molecular weight excluding hydrogens is 738 g/mol. The summed E-state index contributed by atoms with van der Waals surface area (Å²) in [4.78, 5) is 34.6. The van der Waals surface area contributed by atoms with Crippen LogP contribution in [-0.2, 0) is 28.5 Å². The number of aromatic nitrogens is 1. The second-order valence-electron chi connectivity index (χ2n) is 17.4. The number of cyclic esters (lactones) is 1. The molecule has 320 valence electrons. The molecule has 2 bridgehead atoms. The van der Waals surface area contributed by atoms with Crippen molar-refractivity contribution >= 4 is 22.8 Å². The van der Waals surface area contributed by atoms with E-state index in [0.717, 1.165) is 10.9 Å². The van der Waals surface area contributed by atoms with Crippen molar-refractivity contribution in [2.24, 2.45) is 17.8 Å². The maximum Gasteiger partial charge on any atom is 0.339 e. The lowest BCUT2D eigenvalue weighted by molar-refractivity contribution is -0.287. The number of aliphatic hydroxyl groups is 5. The second-order valence-corrected chi connectivity index (χ2v) is 17.4. The first-order chi connectivity index (χ1) is 26.6. The Balaban J connectivity index is 1.31. The number of rotatable bonds is 9. The summed E-state index contributed by atoms with van der Waals surface area (Å²) in [6.07, 6.45) is -4.63. The van der Waals surface area contributed by atoms with Crippen LogP contribution in [0.25, 0.3) is 10.9 Å². The SMILES string of the molecule is CC[C@H]1OC(=O)[C@H](C)C2(O)O[C@](C)(C[C@@H](C)CN(C)[C@H](C)[C@@H](O)[C@]1(C)O)[C@H](O[C@@H]1O[C@H](C)C[C@H](N(C)CC(O)COC(=O)c3cnc4ccccc4c3)C1O)[C@H]2C. The van der Waals surface area contributed by atoms with E-state index in [9.17, 15) is 35.1 Å². The molecule has 1 aromatic heterocycles. The lowest BCUT2D eigenvalue weighted by atomic mass is 9.80. The number of nitrogens with zero attached hydrogens (tertiary/aromatic N) is 3. The molecule has 57 heavy (non-hydrogen) atoms. The van der Waals surface area contributed by atoms with E-state index in [-0.39, 0.29) is 37.2 Å². The van der Waals surface area contributed by atoms with Crippen molar-refractivity contribution < 1.29 is 58.8 Å². The van der Waals surface area contributed by atoms with Gasteiger partial charge in [-0.1, -0.05) is 39.0 Å². The molecule has 15 heteroatoms.